The largest absolute Gasteiger partial charge is 0.495 e. The van der Waals surface area contributed by atoms with E-state index in [9.17, 15) is 13.2 Å². The number of methoxy groups -OCH3 is 1. The summed E-state index contributed by atoms with van der Waals surface area (Å²) in [5.41, 5.74) is 0. The van der Waals surface area contributed by atoms with E-state index in [2.05, 4.69) is 4.98 Å². The number of pyridine rings is 1. The number of ether oxygens (including phenoxy) is 2. The summed E-state index contributed by atoms with van der Waals surface area (Å²) in [7, 11) is -2.19. The second kappa shape index (κ2) is 7.03. The van der Waals surface area contributed by atoms with E-state index in [4.69, 9.17) is 14.6 Å². The highest BCUT2D eigenvalue weighted by Gasteiger charge is 2.30. The van der Waals surface area contributed by atoms with Gasteiger partial charge in [0.1, 0.15) is 17.3 Å². The highest BCUT2D eigenvalue weighted by Crippen LogP contribution is 2.23. The number of rotatable bonds is 6. The first-order valence-electron chi connectivity index (χ1n) is 6.76. The molecular weight excluding hydrogens is 312 g/mol. The predicted octanol–water partition coefficient (Wildman–Crippen LogP) is 0.344. The van der Waals surface area contributed by atoms with E-state index in [0.29, 0.717) is 18.6 Å². The lowest BCUT2D eigenvalue weighted by Gasteiger charge is -2.30. The molecule has 2 rings (SSSR count). The van der Waals surface area contributed by atoms with Crippen LogP contribution in [0.15, 0.2) is 23.4 Å². The molecule has 0 aliphatic carbocycles. The number of hydrogen-bond donors (Lipinski definition) is 1. The second-order valence-corrected chi connectivity index (χ2v) is 6.81. The maximum absolute atomic E-state index is 12.5. The Morgan fingerprint density at radius 3 is 2.68 bits per heavy atom. The fourth-order valence-corrected chi connectivity index (χ4v) is 3.68. The van der Waals surface area contributed by atoms with Gasteiger partial charge < -0.3 is 14.6 Å². The molecule has 0 amide bonds. The third kappa shape index (κ3) is 3.93. The lowest BCUT2D eigenvalue weighted by atomic mass is 10.1. The fourth-order valence-electron chi connectivity index (χ4n) is 2.23. The average Bonchev–Trinajstić information content (AvgIpc) is 2.53. The fraction of sp³-hybridized carbons (Fsp3) is 0.538. The number of piperidine rings is 1. The van der Waals surface area contributed by atoms with Crippen LogP contribution in [-0.4, -0.2) is 61.7 Å². The van der Waals surface area contributed by atoms with Crippen molar-refractivity contribution in [3.05, 3.63) is 18.5 Å². The van der Waals surface area contributed by atoms with E-state index >= 15 is 0 Å². The zero-order valence-corrected chi connectivity index (χ0v) is 13.0. The van der Waals surface area contributed by atoms with Gasteiger partial charge in [0.05, 0.1) is 19.4 Å². The molecule has 0 unspecified atom stereocenters. The van der Waals surface area contributed by atoms with E-state index in [0.717, 1.165) is 0 Å². The standard InChI is InChI=1S/C13H18N2O6S/c1-20-11-6-12(8-14-7-11)22(18,19)15-4-2-10(3-5-15)21-9-13(16)17/h6-8,10H,2-5,9H2,1H3,(H,16,17). The lowest BCUT2D eigenvalue weighted by molar-refractivity contribution is -0.145. The summed E-state index contributed by atoms with van der Waals surface area (Å²) in [5, 5.41) is 8.57. The van der Waals surface area contributed by atoms with Crippen molar-refractivity contribution in [2.75, 3.05) is 26.8 Å². The zero-order valence-electron chi connectivity index (χ0n) is 12.1. The summed E-state index contributed by atoms with van der Waals surface area (Å²) in [5.74, 6) is -0.654. The summed E-state index contributed by atoms with van der Waals surface area (Å²) in [6, 6.07) is 1.43. The summed E-state index contributed by atoms with van der Waals surface area (Å²) >= 11 is 0. The normalized spacial score (nSPS) is 17.3. The van der Waals surface area contributed by atoms with Gasteiger partial charge in [-0.3, -0.25) is 4.98 Å². The minimum Gasteiger partial charge on any atom is -0.495 e. The van der Waals surface area contributed by atoms with Crippen molar-refractivity contribution >= 4 is 16.0 Å². The first-order chi connectivity index (χ1) is 10.4. The van der Waals surface area contributed by atoms with Gasteiger partial charge in [-0.25, -0.2) is 13.2 Å². The van der Waals surface area contributed by atoms with Crippen LogP contribution in [0.3, 0.4) is 0 Å². The monoisotopic (exact) mass is 330 g/mol. The first kappa shape index (κ1) is 16.7. The number of carboxylic acids is 1. The molecule has 0 bridgehead atoms. The van der Waals surface area contributed by atoms with Crippen molar-refractivity contribution in [3.63, 3.8) is 0 Å². The Bertz CT molecular complexity index is 625. The van der Waals surface area contributed by atoms with Crippen molar-refractivity contribution < 1.29 is 27.8 Å². The van der Waals surface area contributed by atoms with Crippen LogP contribution in [0.25, 0.3) is 0 Å². The molecule has 0 atom stereocenters. The topological polar surface area (TPSA) is 106 Å². The Labute approximate surface area is 128 Å². The molecule has 1 aromatic heterocycles. The van der Waals surface area contributed by atoms with Gasteiger partial charge >= 0.3 is 5.97 Å². The summed E-state index contributed by atoms with van der Waals surface area (Å²) in [4.78, 5) is 14.4. The molecule has 1 aliphatic heterocycles. The van der Waals surface area contributed by atoms with Gasteiger partial charge in [0.15, 0.2) is 0 Å². The van der Waals surface area contributed by atoms with E-state index in [-0.39, 0.29) is 30.7 Å². The maximum atomic E-state index is 12.5. The molecule has 0 spiro atoms. The van der Waals surface area contributed by atoms with Gasteiger partial charge in [-0.2, -0.15) is 4.31 Å². The zero-order chi connectivity index (χ0) is 16.2. The number of aromatic nitrogens is 1. The SMILES string of the molecule is COc1cncc(S(=O)(=O)N2CCC(OCC(=O)O)CC2)c1. The Hall–Kier alpha value is -1.71. The van der Waals surface area contributed by atoms with Gasteiger partial charge in [-0.15, -0.1) is 0 Å². The predicted molar refractivity (Wildman–Crippen MR) is 76.2 cm³/mol. The third-order valence-corrected chi connectivity index (χ3v) is 5.27. The Balaban J connectivity index is 2.01. The number of nitrogens with zero attached hydrogens (tertiary/aromatic N) is 2. The smallest absolute Gasteiger partial charge is 0.329 e. The Morgan fingerprint density at radius 2 is 2.09 bits per heavy atom. The van der Waals surface area contributed by atoms with Gasteiger partial charge in [0.25, 0.3) is 0 Å². The van der Waals surface area contributed by atoms with Crippen molar-refractivity contribution in [1.82, 2.24) is 9.29 Å². The van der Waals surface area contributed by atoms with E-state index in [1.54, 1.807) is 0 Å². The summed E-state index contributed by atoms with van der Waals surface area (Å²) in [6.45, 7) is 0.199. The minimum atomic E-state index is -3.63. The van der Waals surface area contributed by atoms with Crippen molar-refractivity contribution in [2.24, 2.45) is 0 Å². The van der Waals surface area contributed by atoms with Crippen LogP contribution in [0.4, 0.5) is 0 Å². The van der Waals surface area contributed by atoms with Gasteiger partial charge in [0, 0.05) is 25.4 Å². The molecular formula is C13H18N2O6S. The number of carboxylic acid groups (broad SMARTS) is 1. The number of carbonyl (C=O) groups is 1. The molecule has 2 heterocycles. The van der Waals surface area contributed by atoms with Crippen LogP contribution in [0.1, 0.15) is 12.8 Å². The quantitative estimate of drug-likeness (QED) is 0.802. The van der Waals surface area contributed by atoms with Crippen LogP contribution in [0.5, 0.6) is 5.75 Å². The van der Waals surface area contributed by atoms with Crippen LogP contribution in [0, 0.1) is 0 Å². The van der Waals surface area contributed by atoms with Crippen LogP contribution >= 0.6 is 0 Å². The van der Waals surface area contributed by atoms with E-state index in [1.165, 1.54) is 29.9 Å². The summed E-state index contributed by atoms with van der Waals surface area (Å²) in [6.07, 6.45) is 3.41. The highest BCUT2D eigenvalue weighted by atomic mass is 32.2. The summed E-state index contributed by atoms with van der Waals surface area (Å²) < 4.78 is 36.6. The molecule has 8 nitrogen and oxygen atoms in total. The number of hydrogen-bond acceptors (Lipinski definition) is 6. The van der Waals surface area contributed by atoms with Crippen molar-refractivity contribution in [1.29, 1.82) is 0 Å². The minimum absolute atomic E-state index is 0.0803. The second-order valence-electron chi connectivity index (χ2n) is 4.87. The highest BCUT2D eigenvalue weighted by molar-refractivity contribution is 7.89. The van der Waals surface area contributed by atoms with Gasteiger partial charge in [-0.1, -0.05) is 0 Å². The molecule has 1 fully saturated rings. The molecule has 0 saturated carbocycles. The van der Waals surface area contributed by atoms with E-state index < -0.39 is 16.0 Å². The van der Waals surface area contributed by atoms with E-state index in [1.807, 2.05) is 0 Å². The van der Waals surface area contributed by atoms with Crippen molar-refractivity contribution in [3.8, 4) is 5.75 Å². The lowest BCUT2D eigenvalue weighted by Crippen LogP contribution is -2.41. The van der Waals surface area contributed by atoms with Crippen molar-refractivity contribution in [2.45, 2.75) is 23.8 Å². The van der Waals surface area contributed by atoms with Crippen LogP contribution < -0.4 is 4.74 Å². The van der Waals surface area contributed by atoms with Gasteiger partial charge in [-0.05, 0) is 12.8 Å². The molecule has 122 valence electrons. The van der Waals surface area contributed by atoms with Crippen LogP contribution in [0.2, 0.25) is 0 Å². The average molecular weight is 330 g/mol. The molecule has 0 aromatic carbocycles. The third-order valence-electron chi connectivity index (χ3n) is 3.41. The molecule has 22 heavy (non-hydrogen) atoms. The molecule has 1 saturated heterocycles. The molecule has 1 N–H and O–H groups in total. The van der Waals surface area contributed by atoms with Gasteiger partial charge in [0.2, 0.25) is 10.0 Å². The molecule has 0 radical (unpaired) electrons. The first-order valence-corrected chi connectivity index (χ1v) is 8.20. The Kier molecular flexibility index (Phi) is 5.33. The molecule has 1 aromatic rings. The Morgan fingerprint density at radius 1 is 1.41 bits per heavy atom. The number of sulfonamides is 1. The molecule has 1 aliphatic rings. The van der Waals surface area contributed by atoms with Crippen LogP contribution in [-0.2, 0) is 19.6 Å². The maximum Gasteiger partial charge on any atom is 0.329 e. The molecule has 9 heteroatoms. The number of aliphatic carboxylic acids is 1.